The Kier molecular flexibility index (Phi) is 5.02. The van der Waals surface area contributed by atoms with E-state index in [2.05, 4.69) is 29.2 Å². The summed E-state index contributed by atoms with van der Waals surface area (Å²) in [5, 5.41) is 0. The fourth-order valence-electron chi connectivity index (χ4n) is 2.69. The Hall–Kier alpha value is -1.06. The first-order valence-corrected chi connectivity index (χ1v) is 6.87. The van der Waals surface area contributed by atoms with Gasteiger partial charge in [-0.1, -0.05) is 12.1 Å². The van der Waals surface area contributed by atoms with Crippen LogP contribution in [0.15, 0.2) is 24.3 Å². The Morgan fingerprint density at radius 1 is 1.22 bits per heavy atom. The summed E-state index contributed by atoms with van der Waals surface area (Å²) >= 11 is 0. The second-order valence-corrected chi connectivity index (χ2v) is 5.13. The van der Waals surface area contributed by atoms with Crippen LogP contribution in [0.1, 0.15) is 18.4 Å². The minimum Gasteiger partial charge on any atom is -0.497 e. The quantitative estimate of drug-likeness (QED) is 0.865. The van der Waals surface area contributed by atoms with Crippen LogP contribution < -0.4 is 10.5 Å². The molecule has 0 amide bonds. The van der Waals surface area contributed by atoms with Gasteiger partial charge in [-0.25, -0.2) is 0 Å². The fraction of sp³-hybridized carbons (Fsp3) is 0.600. The SMILES string of the molecule is COc1ccc(CC2CCN(CCN)CC2)cc1. The molecule has 0 spiro atoms. The molecule has 0 bridgehead atoms. The van der Waals surface area contributed by atoms with Gasteiger partial charge in [-0.3, -0.25) is 0 Å². The van der Waals surface area contributed by atoms with Gasteiger partial charge in [-0.05, 0) is 56.0 Å². The van der Waals surface area contributed by atoms with E-state index in [9.17, 15) is 0 Å². The minimum atomic E-state index is 0.781. The smallest absolute Gasteiger partial charge is 0.118 e. The molecule has 0 unspecified atom stereocenters. The Morgan fingerprint density at radius 2 is 1.89 bits per heavy atom. The standard InChI is InChI=1S/C15H24N2O/c1-18-15-4-2-13(3-5-15)12-14-6-9-17(10-7-14)11-8-16/h2-5,14H,6-12,16H2,1H3. The number of nitrogens with two attached hydrogens (primary N) is 1. The van der Waals surface area contributed by atoms with Crippen molar-refractivity contribution in [2.75, 3.05) is 33.3 Å². The molecule has 1 aromatic carbocycles. The third kappa shape index (κ3) is 3.72. The number of hydrogen-bond donors (Lipinski definition) is 1. The van der Waals surface area contributed by atoms with Gasteiger partial charge in [0.1, 0.15) is 5.75 Å². The van der Waals surface area contributed by atoms with E-state index in [0.717, 1.165) is 24.8 Å². The second kappa shape index (κ2) is 6.76. The highest BCUT2D eigenvalue weighted by Gasteiger charge is 2.18. The maximum Gasteiger partial charge on any atom is 0.118 e. The lowest BCUT2D eigenvalue weighted by Gasteiger charge is -2.31. The van der Waals surface area contributed by atoms with E-state index >= 15 is 0 Å². The van der Waals surface area contributed by atoms with E-state index in [1.807, 2.05) is 0 Å². The highest BCUT2D eigenvalue weighted by molar-refractivity contribution is 5.27. The highest BCUT2D eigenvalue weighted by Crippen LogP contribution is 2.22. The van der Waals surface area contributed by atoms with Crippen LogP contribution in [0.25, 0.3) is 0 Å². The van der Waals surface area contributed by atoms with Crippen molar-refractivity contribution in [3.05, 3.63) is 29.8 Å². The molecule has 0 radical (unpaired) electrons. The zero-order valence-corrected chi connectivity index (χ0v) is 11.3. The molecule has 3 nitrogen and oxygen atoms in total. The van der Waals surface area contributed by atoms with Gasteiger partial charge in [0.05, 0.1) is 7.11 Å². The molecule has 2 rings (SSSR count). The van der Waals surface area contributed by atoms with Crippen LogP contribution in [0.5, 0.6) is 5.75 Å². The van der Waals surface area contributed by atoms with E-state index in [1.165, 1.54) is 37.9 Å². The van der Waals surface area contributed by atoms with Gasteiger partial charge in [-0.15, -0.1) is 0 Å². The minimum absolute atomic E-state index is 0.781. The Bertz CT molecular complexity index is 342. The van der Waals surface area contributed by atoms with Crippen LogP contribution >= 0.6 is 0 Å². The first-order valence-electron chi connectivity index (χ1n) is 6.87. The summed E-state index contributed by atoms with van der Waals surface area (Å²) in [5.41, 5.74) is 7.02. The summed E-state index contributed by atoms with van der Waals surface area (Å²) in [7, 11) is 1.71. The number of likely N-dealkylation sites (tertiary alicyclic amines) is 1. The van der Waals surface area contributed by atoms with Gasteiger partial charge >= 0.3 is 0 Å². The molecule has 3 heteroatoms. The average Bonchev–Trinajstić information content (AvgIpc) is 2.42. The summed E-state index contributed by atoms with van der Waals surface area (Å²) in [6.45, 7) is 4.24. The molecular formula is C15H24N2O. The molecule has 0 aromatic heterocycles. The highest BCUT2D eigenvalue weighted by atomic mass is 16.5. The van der Waals surface area contributed by atoms with Crippen LogP contribution in [-0.2, 0) is 6.42 Å². The van der Waals surface area contributed by atoms with Crippen LogP contribution in [0.3, 0.4) is 0 Å². The van der Waals surface area contributed by atoms with Crippen molar-refractivity contribution in [2.45, 2.75) is 19.3 Å². The van der Waals surface area contributed by atoms with Crippen LogP contribution in [0.4, 0.5) is 0 Å². The largest absolute Gasteiger partial charge is 0.497 e. The van der Waals surface area contributed by atoms with Crippen molar-refractivity contribution in [1.29, 1.82) is 0 Å². The molecule has 0 aliphatic carbocycles. The summed E-state index contributed by atoms with van der Waals surface area (Å²) in [6, 6.07) is 8.48. The van der Waals surface area contributed by atoms with Crippen molar-refractivity contribution in [1.82, 2.24) is 4.90 Å². The van der Waals surface area contributed by atoms with Gasteiger partial charge in [-0.2, -0.15) is 0 Å². The molecule has 0 saturated carbocycles. The number of rotatable bonds is 5. The number of methoxy groups -OCH3 is 1. The van der Waals surface area contributed by atoms with E-state index in [4.69, 9.17) is 10.5 Å². The maximum atomic E-state index is 5.59. The summed E-state index contributed by atoms with van der Waals surface area (Å²) < 4.78 is 5.18. The Balaban J connectivity index is 1.80. The van der Waals surface area contributed by atoms with E-state index in [-0.39, 0.29) is 0 Å². The van der Waals surface area contributed by atoms with Gasteiger partial charge in [0.25, 0.3) is 0 Å². The topological polar surface area (TPSA) is 38.5 Å². The first kappa shape index (κ1) is 13.4. The van der Waals surface area contributed by atoms with Crippen molar-refractivity contribution in [3.8, 4) is 5.75 Å². The Labute approximate surface area is 110 Å². The van der Waals surface area contributed by atoms with Gasteiger partial charge in [0.15, 0.2) is 0 Å². The van der Waals surface area contributed by atoms with Gasteiger partial charge < -0.3 is 15.4 Å². The van der Waals surface area contributed by atoms with Crippen molar-refractivity contribution >= 4 is 0 Å². The summed E-state index contributed by atoms with van der Waals surface area (Å²) in [4.78, 5) is 2.48. The molecule has 100 valence electrons. The lowest BCUT2D eigenvalue weighted by atomic mass is 9.90. The molecule has 2 N–H and O–H groups in total. The molecule has 1 saturated heterocycles. The molecule has 1 heterocycles. The molecular weight excluding hydrogens is 224 g/mol. The van der Waals surface area contributed by atoms with Crippen LogP contribution in [0, 0.1) is 5.92 Å². The molecule has 0 atom stereocenters. The van der Waals surface area contributed by atoms with Crippen LogP contribution in [-0.4, -0.2) is 38.2 Å². The van der Waals surface area contributed by atoms with Gasteiger partial charge in [0.2, 0.25) is 0 Å². The maximum absolute atomic E-state index is 5.59. The Morgan fingerprint density at radius 3 is 2.44 bits per heavy atom. The van der Waals surface area contributed by atoms with Crippen LogP contribution in [0.2, 0.25) is 0 Å². The fourth-order valence-corrected chi connectivity index (χ4v) is 2.69. The number of ether oxygens (including phenoxy) is 1. The third-order valence-corrected chi connectivity index (χ3v) is 3.84. The van der Waals surface area contributed by atoms with E-state index in [1.54, 1.807) is 7.11 Å². The second-order valence-electron chi connectivity index (χ2n) is 5.13. The van der Waals surface area contributed by atoms with Gasteiger partial charge in [0, 0.05) is 13.1 Å². The number of benzene rings is 1. The summed E-state index contributed by atoms with van der Waals surface area (Å²) in [6.07, 6.45) is 3.79. The lowest BCUT2D eigenvalue weighted by molar-refractivity contribution is 0.188. The van der Waals surface area contributed by atoms with E-state index in [0.29, 0.717) is 0 Å². The number of piperidine rings is 1. The molecule has 1 fully saturated rings. The van der Waals surface area contributed by atoms with Crippen molar-refractivity contribution in [3.63, 3.8) is 0 Å². The molecule has 1 aliphatic rings. The van der Waals surface area contributed by atoms with E-state index < -0.39 is 0 Å². The normalized spacial score (nSPS) is 17.9. The van der Waals surface area contributed by atoms with Crippen molar-refractivity contribution < 1.29 is 4.74 Å². The third-order valence-electron chi connectivity index (χ3n) is 3.84. The lowest BCUT2D eigenvalue weighted by Crippen LogP contribution is -2.37. The monoisotopic (exact) mass is 248 g/mol. The molecule has 1 aromatic rings. The predicted molar refractivity (Wildman–Crippen MR) is 74.9 cm³/mol. The summed E-state index contributed by atoms with van der Waals surface area (Å²) in [5.74, 6) is 1.77. The molecule has 18 heavy (non-hydrogen) atoms. The zero-order chi connectivity index (χ0) is 12.8. The first-order chi connectivity index (χ1) is 8.81. The number of nitrogens with zero attached hydrogens (tertiary/aromatic N) is 1. The molecule has 1 aliphatic heterocycles. The predicted octanol–water partition coefficient (Wildman–Crippen LogP) is 1.91. The number of hydrogen-bond acceptors (Lipinski definition) is 3. The average molecular weight is 248 g/mol. The van der Waals surface area contributed by atoms with Crippen molar-refractivity contribution in [2.24, 2.45) is 11.7 Å². The zero-order valence-electron chi connectivity index (χ0n) is 11.3.